The maximum absolute atomic E-state index is 14.1. The fourth-order valence-electron chi connectivity index (χ4n) is 2.01. The lowest BCUT2D eigenvalue weighted by atomic mass is 10.2. The van der Waals surface area contributed by atoms with Crippen LogP contribution in [0.15, 0.2) is 17.0 Å². The predicted molar refractivity (Wildman–Crippen MR) is 79.4 cm³/mol. The van der Waals surface area contributed by atoms with Gasteiger partial charge >= 0.3 is 12.4 Å². The zero-order valence-corrected chi connectivity index (χ0v) is 13.4. The largest absolute Gasteiger partial charge is 0.453 e. The number of aromatic nitrogens is 3. The number of nitrogen functional groups attached to an aromatic ring is 1. The van der Waals surface area contributed by atoms with Crippen LogP contribution in [-0.4, -0.2) is 32.6 Å². The first kappa shape index (κ1) is 19.2. The molecule has 138 valence electrons. The number of rotatable bonds is 3. The average molecular weight is 388 g/mol. The van der Waals surface area contributed by atoms with E-state index in [9.17, 15) is 30.7 Å². The third-order valence-electron chi connectivity index (χ3n) is 3.01. The van der Waals surface area contributed by atoms with Crippen LogP contribution in [0.1, 0.15) is 11.4 Å². The van der Waals surface area contributed by atoms with E-state index in [4.69, 9.17) is 5.73 Å². The van der Waals surface area contributed by atoms with Gasteiger partial charge in [0.1, 0.15) is 11.5 Å². The van der Waals surface area contributed by atoms with Gasteiger partial charge in [-0.2, -0.15) is 46.5 Å². The van der Waals surface area contributed by atoms with Crippen LogP contribution in [0, 0.1) is 12.7 Å². The Morgan fingerprint density at radius 2 is 1.80 bits per heavy atom. The number of anilines is 1. The maximum atomic E-state index is 14.1. The van der Waals surface area contributed by atoms with E-state index >= 15 is 0 Å². The molecule has 2 rings (SSSR count). The second-order valence-electron chi connectivity index (χ2n) is 5.02. The van der Waals surface area contributed by atoms with Crippen molar-refractivity contribution >= 4 is 22.3 Å². The third kappa shape index (κ3) is 4.30. The summed E-state index contributed by atoms with van der Waals surface area (Å²) in [7, 11) is -1.59. The molecule has 1 heterocycles. The van der Waals surface area contributed by atoms with Gasteiger partial charge in [0.2, 0.25) is 5.95 Å². The van der Waals surface area contributed by atoms with Crippen LogP contribution in [0.3, 0.4) is 0 Å². The van der Waals surface area contributed by atoms with Crippen LogP contribution in [0.4, 0.5) is 36.7 Å². The molecule has 0 fully saturated rings. The molecule has 25 heavy (non-hydrogen) atoms. The van der Waals surface area contributed by atoms with Gasteiger partial charge in [0.15, 0.2) is 0 Å². The van der Waals surface area contributed by atoms with E-state index in [-0.39, 0.29) is 10.5 Å². The lowest BCUT2D eigenvalue weighted by Gasteiger charge is -2.15. The number of aryl methyl sites for hydroxylation is 1. The van der Waals surface area contributed by atoms with Gasteiger partial charge in [-0.15, -0.1) is 5.10 Å². The van der Waals surface area contributed by atoms with Crippen LogP contribution in [-0.2, 0) is 6.18 Å². The number of hydrogen-bond acceptors (Lipinski definition) is 3. The van der Waals surface area contributed by atoms with Gasteiger partial charge in [-0.1, -0.05) is 5.87 Å². The van der Waals surface area contributed by atoms with E-state index in [0.717, 1.165) is 12.1 Å². The summed E-state index contributed by atoms with van der Waals surface area (Å²) in [5.74, 6) is -1.18. The minimum Gasteiger partial charge on any atom is -0.368 e. The van der Waals surface area contributed by atoms with Gasteiger partial charge in [-0.25, -0.2) is 4.39 Å². The number of nitrogens with zero attached hydrogens (tertiary/aromatic N) is 3. The highest BCUT2D eigenvalue weighted by Crippen LogP contribution is 2.36. The first-order valence-electron chi connectivity index (χ1n) is 6.47. The summed E-state index contributed by atoms with van der Waals surface area (Å²) in [4.78, 5) is 3.04. The second kappa shape index (κ2) is 6.32. The topological polar surface area (TPSA) is 56.7 Å². The van der Waals surface area contributed by atoms with Crippen LogP contribution in [0.2, 0.25) is 0 Å². The molecule has 1 aromatic heterocycles. The second-order valence-corrected chi connectivity index (χ2v) is 6.74. The molecular formula is C13H11F7N4S. The Balaban J connectivity index is 2.55. The van der Waals surface area contributed by atoms with Gasteiger partial charge in [0, 0.05) is 4.90 Å². The van der Waals surface area contributed by atoms with E-state index in [1.807, 2.05) is 0 Å². The van der Waals surface area contributed by atoms with E-state index in [2.05, 4.69) is 16.0 Å². The minimum atomic E-state index is -4.91. The predicted octanol–water partition coefficient (Wildman–Crippen LogP) is 3.94. The molecule has 0 spiro atoms. The van der Waals surface area contributed by atoms with Gasteiger partial charge in [-0.3, -0.25) is 0 Å². The molecule has 1 unspecified atom stereocenters. The number of halogens is 7. The van der Waals surface area contributed by atoms with Gasteiger partial charge in [0.25, 0.3) is 5.82 Å². The molecule has 0 radical (unpaired) electrons. The first-order valence-corrected chi connectivity index (χ1v) is 8.03. The van der Waals surface area contributed by atoms with Gasteiger partial charge < -0.3 is 5.73 Å². The van der Waals surface area contributed by atoms with Crippen LogP contribution < -0.4 is 5.73 Å². The monoisotopic (exact) mass is 388 g/mol. The smallest absolute Gasteiger partial charge is 0.368 e. The van der Waals surface area contributed by atoms with Crippen LogP contribution in [0.5, 0.6) is 0 Å². The van der Waals surface area contributed by atoms with Crippen molar-refractivity contribution in [3.05, 3.63) is 29.3 Å². The van der Waals surface area contributed by atoms with Crippen molar-refractivity contribution in [2.24, 2.45) is 0 Å². The van der Waals surface area contributed by atoms with Gasteiger partial charge in [0.05, 0.1) is 5.75 Å². The number of benzene rings is 1. The molecule has 1 aromatic carbocycles. The van der Waals surface area contributed by atoms with Gasteiger partial charge in [-0.05, 0) is 24.6 Å². The van der Waals surface area contributed by atoms with E-state index in [0.29, 0.717) is 4.68 Å². The summed E-state index contributed by atoms with van der Waals surface area (Å²) >= 11 is 0. The van der Waals surface area contributed by atoms with Crippen LogP contribution in [0.25, 0.3) is 5.69 Å². The molecule has 2 aromatic rings. The van der Waals surface area contributed by atoms with Crippen molar-refractivity contribution in [2.75, 3.05) is 11.5 Å². The maximum Gasteiger partial charge on any atom is 0.453 e. The molecule has 4 nitrogen and oxygen atoms in total. The zero-order chi connectivity index (χ0) is 19.2. The van der Waals surface area contributed by atoms with Crippen molar-refractivity contribution < 1.29 is 30.7 Å². The molecule has 0 amide bonds. The Morgan fingerprint density at radius 1 is 1.20 bits per heavy atom. The van der Waals surface area contributed by atoms with Crippen molar-refractivity contribution in [3.63, 3.8) is 0 Å². The normalized spacial score (nSPS) is 13.9. The Kier molecular flexibility index (Phi) is 4.86. The quantitative estimate of drug-likeness (QED) is 0.640. The Bertz CT molecular complexity index is 823. The average Bonchev–Trinajstić information content (AvgIpc) is 2.78. The number of hydrogen-bond donors (Lipinski definition) is 1. The zero-order valence-electron chi connectivity index (χ0n) is 12.5. The van der Waals surface area contributed by atoms with Crippen molar-refractivity contribution in [2.45, 2.75) is 24.2 Å². The van der Waals surface area contributed by atoms with Crippen molar-refractivity contribution in [1.82, 2.24) is 14.8 Å². The highest BCUT2D eigenvalue weighted by Gasteiger charge is 2.37. The molecule has 0 bridgehead atoms. The molecule has 1 atom stereocenters. The Morgan fingerprint density at radius 3 is 2.28 bits per heavy atom. The molecule has 0 aliphatic rings. The highest BCUT2D eigenvalue weighted by molar-refractivity contribution is 8.14. The van der Waals surface area contributed by atoms with Crippen molar-refractivity contribution in [3.8, 4) is 5.69 Å². The Hall–Kier alpha value is -2.11. The SMILES string of the molecule is C=S(CC(F)(F)F)c1cc(-n2nc(C(F)(F)F)nc2N)c(F)cc1C. The molecule has 12 heteroatoms. The highest BCUT2D eigenvalue weighted by atomic mass is 32.2. The summed E-state index contributed by atoms with van der Waals surface area (Å²) < 4.78 is 90.1. The van der Waals surface area contributed by atoms with E-state index in [1.165, 1.54) is 6.92 Å². The standard InChI is InChI=1S/C13H11F7N4S/c1-6-3-7(14)8(4-9(6)25(2)5-12(15,16)17)24-11(21)22-10(23-24)13(18,19)20/h3-4H,2,5H2,1H3,(H2,21,22,23). The number of alkyl halides is 6. The fourth-order valence-corrected chi connectivity index (χ4v) is 3.36. The Labute approximate surface area is 139 Å². The molecule has 0 saturated heterocycles. The van der Waals surface area contributed by atoms with Crippen LogP contribution >= 0.6 is 10.5 Å². The first-order chi connectivity index (χ1) is 11.3. The fraction of sp³-hybridized carbons (Fsp3) is 0.308. The third-order valence-corrected chi connectivity index (χ3v) is 4.74. The molecular weight excluding hydrogens is 377 g/mol. The number of nitrogens with two attached hydrogens (primary N) is 1. The molecule has 2 N–H and O–H groups in total. The van der Waals surface area contributed by atoms with E-state index < -0.39 is 51.9 Å². The molecule has 0 aliphatic carbocycles. The summed E-state index contributed by atoms with van der Waals surface area (Å²) in [6.45, 7) is 1.37. The lowest BCUT2D eigenvalue weighted by molar-refractivity contribution is -0.144. The molecule has 0 aliphatic heterocycles. The van der Waals surface area contributed by atoms with Crippen molar-refractivity contribution in [1.29, 1.82) is 0 Å². The summed E-state index contributed by atoms with van der Waals surface area (Å²) in [5.41, 5.74) is 4.98. The summed E-state index contributed by atoms with van der Waals surface area (Å²) in [6, 6.07) is 1.85. The van der Waals surface area contributed by atoms with E-state index in [1.54, 1.807) is 0 Å². The summed E-state index contributed by atoms with van der Waals surface area (Å²) in [5, 5.41) is 3.09. The minimum absolute atomic E-state index is 0.0391. The lowest BCUT2D eigenvalue weighted by Crippen LogP contribution is -2.13. The molecule has 0 saturated carbocycles. The summed E-state index contributed by atoms with van der Waals surface area (Å²) in [6.07, 6.45) is -9.40.